The molecule has 1 atom stereocenters. The van der Waals surface area contributed by atoms with Gasteiger partial charge in [0, 0.05) is 12.6 Å². The summed E-state index contributed by atoms with van der Waals surface area (Å²) in [6.07, 6.45) is 3.54. The van der Waals surface area contributed by atoms with E-state index in [2.05, 4.69) is 24.5 Å². The minimum atomic E-state index is 0.0576. The zero-order valence-corrected chi connectivity index (χ0v) is 11.4. The van der Waals surface area contributed by atoms with E-state index in [0.29, 0.717) is 19.1 Å². The van der Waals surface area contributed by atoms with Gasteiger partial charge in [-0.15, -0.1) is 0 Å². The van der Waals surface area contributed by atoms with Crippen LogP contribution in [0.4, 0.5) is 0 Å². The van der Waals surface area contributed by atoms with Crippen molar-refractivity contribution in [2.45, 2.75) is 45.7 Å². The highest BCUT2D eigenvalue weighted by atomic mass is 16.1. The third-order valence-corrected chi connectivity index (χ3v) is 2.93. The minimum absolute atomic E-state index is 0.0576. The fourth-order valence-corrected chi connectivity index (χ4v) is 1.74. The fourth-order valence-electron chi connectivity index (χ4n) is 1.74. The van der Waals surface area contributed by atoms with Crippen LogP contribution in [0.2, 0.25) is 0 Å². The molecule has 1 aromatic carbocycles. The first-order valence-corrected chi connectivity index (χ1v) is 6.76. The molecule has 0 aliphatic rings. The maximum absolute atomic E-state index is 11.6. The van der Waals surface area contributed by atoms with Gasteiger partial charge >= 0.3 is 0 Å². The Morgan fingerprint density at radius 2 is 2.00 bits per heavy atom. The maximum Gasteiger partial charge on any atom is 0.234 e. The van der Waals surface area contributed by atoms with E-state index in [0.717, 1.165) is 12.0 Å². The number of rotatable bonds is 8. The molecule has 18 heavy (non-hydrogen) atoms. The summed E-state index contributed by atoms with van der Waals surface area (Å²) in [5.41, 5.74) is 1.13. The van der Waals surface area contributed by atoms with E-state index < -0.39 is 0 Å². The van der Waals surface area contributed by atoms with Crippen molar-refractivity contribution < 1.29 is 4.79 Å². The summed E-state index contributed by atoms with van der Waals surface area (Å²) in [5, 5.41) is 6.15. The molecule has 0 saturated carbocycles. The highest BCUT2D eigenvalue weighted by Gasteiger charge is 2.04. The molecular weight excluding hydrogens is 224 g/mol. The molecule has 0 fully saturated rings. The summed E-state index contributed by atoms with van der Waals surface area (Å²) >= 11 is 0. The molecule has 0 heterocycles. The topological polar surface area (TPSA) is 41.1 Å². The summed E-state index contributed by atoms with van der Waals surface area (Å²) < 4.78 is 0. The molecule has 3 heteroatoms. The Bertz CT molecular complexity index is 338. The van der Waals surface area contributed by atoms with Gasteiger partial charge in [0.2, 0.25) is 5.91 Å². The first-order valence-electron chi connectivity index (χ1n) is 6.76. The van der Waals surface area contributed by atoms with Crippen LogP contribution in [-0.2, 0) is 11.3 Å². The van der Waals surface area contributed by atoms with Crippen molar-refractivity contribution in [2.24, 2.45) is 0 Å². The van der Waals surface area contributed by atoms with E-state index in [1.807, 2.05) is 30.3 Å². The monoisotopic (exact) mass is 248 g/mol. The average molecular weight is 248 g/mol. The van der Waals surface area contributed by atoms with E-state index in [4.69, 9.17) is 0 Å². The third-order valence-electron chi connectivity index (χ3n) is 2.93. The molecule has 0 radical (unpaired) electrons. The summed E-state index contributed by atoms with van der Waals surface area (Å²) in [6.45, 7) is 5.31. The van der Waals surface area contributed by atoms with Crippen LogP contribution in [0.5, 0.6) is 0 Å². The number of benzene rings is 1. The molecule has 0 spiro atoms. The van der Waals surface area contributed by atoms with Crippen molar-refractivity contribution in [3.8, 4) is 0 Å². The van der Waals surface area contributed by atoms with Gasteiger partial charge in [-0.25, -0.2) is 0 Å². The Hall–Kier alpha value is -1.35. The van der Waals surface area contributed by atoms with Crippen LogP contribution >= 0.6 is 0 Å². The Morgan fingerprint density at radius 1 is 1.28 bits per heavy atom. The van der Waals surface area contributed by atoms with Gasteiger partial charge < -0.3 is 10.6 Å². The fraction of sp³-hybridized carbons (Fsp3) is 0.533. The van der Waals surface area contributed by atoms with Crippen LogP contribution in [0.1, 0.15) is 38.7 Å². The first kappa shape index (κ1) is 14.7. The van der Waals surface area contributed by atoms with Gasteiger partial charge in [-0.05, 0) is 18.9 Å². The molecule has 1 aromatic rings. The second kappa shape index (κ2) is 8.70. The normalized spacial score (nSPS) is 12.1. The zero-order chi connectivity index (χ0) is 13.2. The van der Waals surface area contributed by atoms with Crippen LogP contribution in [0.3, 0.4) is 0 Å². The van der Waals surface area contributed by atoms with E-state index >= 15 is 0 Å². The summed E-state index contributed by atoms with van der Waals surface area (Å²) in [5.74, 6) is 0.0576. The zero-order valence-electron chi connectivity index (χ0n) is 11.4. The molecule has 0 aromatic heterocycles. The third kappa shape index (κ3) is 6.40. The quantitative estimate of drug-likeness (QED) is 0.742. The molecular formula is C15H24N2O. The second-order valence-corrected chi connectivity index (χ2v) is 4.69. The van der Waals surface area contributed by atoms with Crippen molar-refractivity contribution in [1.29, 1.82) is 0 Å². The van der Waals surface area contributed by atoms with Crippen LogP contribution in [-0.4, -0.2) is 18.5 Å². The van der Waals surface area contributed by atoms with Gasteiger partial charge in [-0.3, -0.25) is 4.79 Å². The Balaban J connectivity index is 2.14. The molecule has 100 valence electrons. The molecule has 1 unspecified atom stereocenters. The van der Waals surface area contributed by atoms with Crippen molar-refractivity contribution in [3.63, 3.8) is 0 Å². The highest BCUT2D eigenvalue weighted by molar-refractivity contribution is 5.77. The lowest BCUT2D eigenvalue weighted by molar-refractivity contribution is -0.120. The van der Waals surface area contributed by atoms with Gasteiger partial charge in [0.05, 0.1) is 6.54 Å². The van der Waals surface area contributed by atoms with Crippen LogP contribution in [0.15, 0.2) is 30.3 Å². The molecule has 0 bridgehead atoms. The molecule has 1 amide bonds. The lowest BCUT2D eigenvalue weighted by Gasteiger charge is -2.13. The van der Waals surface area contributed by atoms with E-state index in [-0.39, 0.29) is 5.91 Å². The summed E-state index contributed by atoms with van der Waals surface area (Å²) in [6, 6.07) is 10.4. The lowest BCUT2D eigenvalue weighted by atomic mass is 10.1. The summed E-state index contributed by atoms with van der Waals surface area (Å²) in [4.78, 5) is 11.6. The Labute approximate surface area is 110 Å². The van der Waals surface area contributed by atoms with Gasteiger partial charge in [0.15, 0.2) is 0 Å². The number of unbranched alkanes of at least 4 members (excludes halogenated alkanes) is 1. The van der Waals surface area contributed by atoms with Crippen molar-refractivity contribution >= 4 is 5.91 Å². The molecule has 1 rings (SSSR count). The average Bonchev–Trinajstić information content (AvgIpc) is 2.41. The minimum Gasteiger partial charge on any atom is -0.351 e. The highest BCUT2D eigenvalue weighted by Crippen LogP contribution is 1.99. The molecule has 2 N–H and O–H groups in total. The molecule has 0 aliphatic carbocycles. The van der Waals surface area contributed by atoms with Gasteiger partial charge in [0.25, 0.3) is 0 Å². The summed E-state index contributed by atoms with van der Waals surface area (Å²) in [7, 11) is 0. The van der Waals surface area contributed by atoms with Crippen molar-refractivity contribution in [3.05, 3.63) is 35.9 Å². The molecule has 0 saturated heterocycles. The second-order valence-electron chi connectivity index (χ2n) is 4.69. The number of nitrogens with one attached hydrogen (secondary N) is 2. The first-order chi connectivity index (χ1) is 8.72. The van der Waals surface area contributed by atoms with E-state index in [1.165, 1.54) is 12.8 Å². The number of carbonyl (C=O) groups excluding carboxylic acids is 1. The standard InChI is InChI=1S/C15H24N2O/c1-3-4-8-13(2)16-12-15(18)17-11-14-9-6-5-7-10-14/h5-7,9-10,13,16H,3-4,8,11-12H2,1-2H3,(H,17,18). The lowest BCUT2D eigenvalue weighted by Crippen LogP contribution is -2.37. The predicted octanol–water partition coefficient (Wildman–Crippen LogP) is 2.47. The maximum atomic E-state index is 11.6. The number of carbonyl (C=O) groups is 1. The smallest absolute Gasteiger partial charge is 0.234 e. The number of hydrogen-bond donors (Lipinski definition) is 2. The van der Waals surface area contributed by atoms with E-state index in [1.54, 1.807) is 0 Å². The Morgan fingerprint density at radius 3 is 2.67 bits per heavy atom. The van der Waals surface area contributed by atoms with Crippen molar-refractivity contribution in [1.82, 2.24) is 10.6 Å². The van der Waals surface area contributed by atoms with Gasteiger partial charge in [-0.2, -0.15) is 0 Å². The molecule has 0 aliphatic heterocycles. The number of amides is 1. The number of hydrogen-bond acceptors (Lipinski definition) is 2. The van der Waals surface area contributed by atoms with E-state index in [9.17, 15) is 4.79 Å². The van der Waals surface area contributed by atoms with Gasteiger partial charge in [-0.1, -0.05) is 50.1 Å². The van der Waals surface area contributed by atoms with Crippen LogP contribution in [0.25, 0.3) is 0 Å². The van der Waals surface area contributed by atoms with Gasteiger partial charge in [0.1, 0.15) is 0 Å². The van der Waals surface area contributed by atoms with Crippen LogP contribution < -0.4 is 10.6 Å². The molecule has 3 nitrogen and oxygen atoms in total. The van der Waals surface area contributed by atoms with Crippen LogP contribution in [0, 0.1) is 0 Å². The predicted molar refractivity (Wildman–Crippen MR) is 75.3 cm³/mol. The largest absolute Gasteiger partial charge is 0.351 e. The Kier molecular flexibility index (Phi) is 7.11. The SMILES string of the molecule is CCCCC(C)NCC(=O)NCc1ccccc1. The van der Waals surface area contributed by atoms with Crippen molar-refractivity contribution in [2.75, 3.05) is 6.54 Å².